The van der Waals surface area contributed by atoms with E-state index in [1.165, 1.54) is 12.1 Å². The van der Waals surface area contributed by atoms with Crippen molar-refractivity contribution in [2.75, 3.05) is 38.3 Å². The first-order valence-electron chi connectivity index (χ1n) is 11.5. The maximum Gasteiger partial charge on any atom is 0.148 e. The number of hydrogen-bond donors (Lipinski definition) is 3. The minimum absolute atomic E-state index is 0.00256. The lowest BCUT2D eigenvalue weighted by Crippen LogP contribution is -2.33. The normalized spacial score (nSPS) is 15.5. The van der Waals surface area contributed by atoms with E-state index in [9.17, 15) is 8.78 Å². The number of halogens is 2. The summed E-state index contributed by atoms with van der Waals surface area (Å²) in [4.78, 5) is 8.82. The van der Waals surface area contributed by atoms with Crippen molar-refractivity contribution in [3.05, 3.63) is 72.0 Å². The van der Waals surface area contributed by atoms with Gasteiger partial charge in [0.2, 0.25) is 0 Å². The summed E-state index contributed by atoms with van der Waals surface area (Å²) in [5.41, 5.74) is 2.18. The molecule has 5 rings (SSSR count). The van der Waals surface area contributed by atoms with E-state index in [2.05, 4.69) is 20.4 Å². The van der Waals surface area contributed by atoms with Crippen molar-refractivity contribution in [3.63, 3.8) is 0 Å². The molecule has 10 nitrogen and oxygen atoms in total. The molecule has 4 aromatic rings. The number of hydrogen-bond acceptors (Lipinski definition) is 9. The number of nitrogens with zero attached hydrogens (tertiary/aromatic N) is 4. The second-order valence-electron chi connectivity index (χ2n) is 8.25. The largest absolute Gasteiger partial charge is 0.489 e. The number of benzene rings is 1. The van der Waals surface area contributed by atoms with Crippen LogP contribution in [0, 0.1) is 22.5 Å². The van der Waals surface area contributed by atoms with Gasteiger partial charge in [0.25, 0.3) is 0 Å². The van der Waals surface area contributed by atoms with Crippen LogP contribution < -0.4 is 15.5 Å². The molecule has 12 heteroatoms. The SMILES string of the molecule is N=C(CNc1ccnc2cc(OCC3COCCO3)cnc12)n1nc(-c2cc(F)cc(F)c2)ccc1=N. The molecule has 1 saturated heterocycles. The highest BCUT2D eigenvalue weighted by Gasteiger charge is 2.16. The summed E-state index contributed by atoms with van der Waals surface area (Å²) in [6.45, 7) is 1.94. The third kappa shape index (κ3) is 5.76. The van der Waals surface area contributed by atoms with Gasteiger partial charge in [-0.15, -0.1) is 0 Å². The van der Waals surface area contributed by atoms with Crippen molar-refractivity contribution in [2.24, 2.45) is 0 Å². The Balaban J connectivity index is 1.29. The van der Waals surface area contributed by atoms with Crippen LogP contribution in [-0.4, -0.2) is 64.7 Å². The monoisotopic (exact) mass is 507 g/mol. The summed E-state index contributed by atoms with van der Waals surface area (Å²) in [6, 6.07) is 9.43. The Morgan fingerprint density at radius 1 is 1.11 bits per heavy atom. The molecule has 1 aromatic carbocycles. The fraction of sp³-hybridized carbons (Fsp3) is 0.240. The minimum Gasteiger partial charge on any atom is -0.489 e. The molecule has 0 saturated carbocycles. The van der Waals surface area contributed by atoms with E-state index in [0.29, 0.717) is 48.9 Å². The fourth-order valence-corrected chi connectivity index (χ4v) is 3.79. The van der Waals surface area contributed by atoms with Crippen LogP contribution in [0.5, 0.6) is 5.75 Å². The smallest absolute Gasteiger partial charge is 0.148 e. The van der Waals surface area contributed by atoms with E-state index in [4.69, 9.17) is 25.0 Å². The molecule has 3 aromatic heterocycles. The minimum atomic E-state index is -0.739. The zero-order valence-corrected chi connectivity index (χ0v) is 19.6. The van der Waals surface area contributed by atoms with E-state index in [-0.39, 0.29) is 35.2 Å². The lowest BCUT2D eigenvalue weighted by molar-refractivity contribution is -0.101. The Bertz CT molecular complexity index is 1490. The van der Waals surface area contributed by atoms with E-state index in [1.807, 2.05) is 0 Å². The topological polar surface area (TPSA) is 131 Å². The van der Waals surface area contributed by atoms with Crippen LogP contribution >= 0.6 is 0 Å². The number of pyridine rings is 2. The highest BCUT2D eigenvalue weighted by atomic mass is 19.1. The van der Waals surface area contributed by atoms with Crippen molar-refractivity contribution in [2.45, 2.75) is 6.10 Å². The second kappa shape index (κ2) is 10.8. The molecule has 4 heterocycles. The molecule has 0 amide bonds. The predicted molar refractivity (Wildman–Crippen MR) is 131 cm³/mol. The lowest BCUT2D eigenvalue weighted by Gasteiger charge is -2.22. The van der Waals surface area contributed by atoms with Crippen molar-refractivity contribution in [1.82, 2.24) is 19.7 Å². The molecule has 0 aliphatic carbocycles. The van der Waals surface area contributed by atoms with E-state index in [1.54, 1.807) is 24.5 Å². The average molecular weight is 508 g/mol. The summed E-state index contributed by atoms with van der Waals surface area (Å²) < 4.78 is 45.1. The first-order valence-corrected chi connectivity index (χ1v) is 11.5. The van der Waals surface area contributed by atoms with Crippen LogP contribution in [0.2, 0.25) is 0 Å². The number of aromatic nitrogens is 4. The summed E-state index contributed by atoms with van der Waals surface area (Å²) in [5, 5.41) is 23.9. The molecule has 1 atom stereocenters. The molecule has 190 valence electrons. The summed E-state index contributed by atoms with van der Waals surface area (Å²) >= 11 is 0. The van der Waals surface area contributed by atoms with E-state index in [0.717, 1.165) is 22.9 Å². The molecular weight excluding hydrogens is 484 g/mol. The van der Waals surface area contributed by atoms with Crippen LogP contribution in [0.15, 0.2) is 54.9 Å². The molecule has 37 heavy (non-hydrogen) atoms. The third-order valence-electron chi connectivity index (χ3n) is 5.57. The van der Waals surface area contributed by atoms with Crippen LogP contribution in [0.3, 0.4) is 0 Å². The van der Waals surface area contributed by atoms with Gasteiger partial charge in [-0.3, -0.25) is 15.8 Å². The van der Waals surface area contributed by atoms with Gasteiger partial charge in [-0.2, -0.15) is 9.78 Å². The van der Waals surface area contributed by atoms with Crippen LogP contribution in [0.1, 0.15) is 0 Å². The number of rotatable bonds is 7. The van der Waals surface area contributed by atoms with Gasteiger partial charge in [0.1, 0.15) is 46.9 Å². The number of ether oxygens (including phenoxy) is 3. The quantitative estimate of drug-likeness (QED) is 0.259. The first kappa shape index (κ1) is 24.4. The van der Waals surface area contributed by atoms with E-state index >= 15 is 0 Å². The Morgan fingerprint density at radius 2 is 1.95 bits per heavy atom. The zero-order valence-electron chi connectivity index (χ0n) is 19.6. The molecule has 1 aliphatic heterocycles. The van der Waals surface area contributed by atoms with Crippen molar-refractivity contribution < 1.29 is 23.0 Å². The van der Waals surface area contributed by atoms with Gasteiger partial charge in [0.15, 0.2) is 0 Å². The standard InChI is InChI=1S/C25H23F2N7O3/c26-16-7-15(8-17(27)9-16)20-1-2-23(28)34(33-20)24(29)12-31-21-3-4-30-22-10-18(11-32-25(21)22)37-14-19-13-35-5-6-36-19/h1-4,7-11,19,28-29H,5-6,12-14H2,(H,30,31). The van der Waals surface area contributed by atoms with Crippen molar-refractivity contribution in [3.8, 4) is 17.0 Å². The summed E-state index contributed by atoms with van der Waals surface area (Å²) in [6.07, 6.45) is 3.06. The molecule has 1 aliphatic rings. The maximum absolute atomic E-state index is 13.6. The highest BCUT2D eigenvalue weighted by Crippen LogP contribution is 2.23. The number of nitrogens with one attached hydrogen (secondary N) is 3. The average Bonchev–Trinajstić information content (AvgIpc) is 2.90. The van der Waals surface area contributed by atoms with Crippen LogP contribution in [0.4, 0.5) is 14.5 Å². The molecular formula is C25H23F2N7O3. The second-order valence-corrected chi connectivity index (χ2v) is 8.25. The summed E-state index contributed by atoms with van der Waals surface area (Å²) in [7, 11) is 0. The first-order chi connectivity index (χ1) is 18.0. The van der Waals surface area contributed by atoms with Gasteiger partial charge in [0, 0.05) is 23.9 Å². The molecule has 1 fully saturated rings. The number of fused-ring (bicyclic) bond motifs is 1. The van der Waals surface area contributed by atoms with E-state index < -0.39 is 11.6 Å². The maximum atomic E-state index is 13.6. The Kier molecular flexibility index (Phi) is 7.10. The Morgan fingerprint density at radius 3 is 2.73 bits per heavy atom. The van der Waals surface area contributed by atoms with Crippen LogP contribution in [0.25, 0.3) is 22.3 Å². The van der Waals surface area contributed by atoms with Crippen molar-refractivity contribution in [1.29, 1.82) is 10.8 Å². The molecule has 1 unspecified atom stereocenters. The fourth-order valence-electron chi connectivity index (χ4n) is 3.79. The van der Waals surface area contributed by atoms with Crippen LogP contribution in [-0.2, 0) is 9.47 Å². The lowest BCUT2D eigenvalue weighted by atomic mass is 10.1. The molecule has 3 N–H and O–H groups in total. The molecule has 0 bridgehead atoms. The van der Waals surface area contributed by atoms with Gasteiger partial charge in [-0.05, 0) is 30.3 Å². The zero-order chi connectivity index (χ0) is 25.8. The van der Waals surface area contributed by atoms with Gasteiger partial charge in [-0.25, -0.2) is 13.8 Å². The van der Waals surface area contributed by atoms with Crippen molar-refractivity contribution >= 4 is 22.6 Å². The third-order valence-corrected chi connectivity index (χ3v) is 5.57. The Labute approximate surface area is 209 Å². The van der Waals surface area contributed by atoms with Gasteiger partial charge in [-0.1, -0.05) is 0 Å². The molecule has 0 spiro atoms. The Hall–Kier alpha value is -4.29. The van der Waals surface area contributed by atoms with Gasteiger partial charge in [0.05, 0.1) is 49.5 Å². The molecule has 0 radical (unpaired) electrons. The number of anilines is 1. The highest BCUT2D eigenvalue weighted by molar-refractivity contribution is 5.91. The summed E-state index contributed by atoms with van der Waals surface area (Å²) in [5.74, 6) is -0.986. The predicted octanol–water partition coefficient (Wildman–Crippen LogP) is 2.98. The van der Waals surface area contributed by atoms with Gasteiger partial charge >= 0.3 is 0 Å². The van der Waals surface area contributed by atoms with Gasteiger partial charge < -0.3 is 19.5 Å².